The first-order valence-electron chi connectivity index (χ1n) is 4.13. The summed E-state index contributed by atoms with van der Waals surface area (Å²) in [5.74, 6) is 0. The molecule has 0 spiro atoms. The number of benzene rings is 1. The van der Waals surface area contributed by atoms with E-state index in [0.29, 0.717) is 10.6 Å². The normalized spacial score (nSPS) is 11.8. The maximum Gasteiger partial charge on any atom is 0.416 e. The van der Waals surface area contributed by atoms with Crippen molar-refractivity contribution in [2.24, 2.45) is 0 Å². The molecule has 0 saturated heterocycles. The smallest absolute Gasteiger partial charge is 0.166 e. The summed E-state index contributed by atoms with van der Waals surface area (Å²) >= 11 is 3.35. The Labute approximate surface area is 107 Å². The Bertz CT molecular complexity index is 492. The maximum atomic E-state index is 12.3. The van der Waals surface area contributed by atoms with E-state index in [1.165, 1.54) is 23.5 Å². The van der Waals surface area contributed by atoms with Crippen LogP contribution in [0.4, 0.5) is 13.2 Å². The fourth-order valence-corrected chi connectivity index (χ4v) is 2.43. The summed E-state index contributed by atoms with van der Waals surface area (Å²) in [7, 11) is 0. The molecule has 0 radical (unpaired) electrons. The fourth-order valence-electron chi connectivity index (χ4n) is 1.12. The SMILES string of the molecule is FC(F)(F)c1ccc(-c2nnc(I)s2)cc1. The Morgan fingerprint density at radius 2 is 1.69 bits per heavy atom. The summed E-state index contributed by atoms with van der Waals surface area (Å²) in [6.45, 7) is 0. The van der Waals surface area contributed by atoms with E-state index in [1.54, 1.807) is 0 Å². The Kier molecular flexibility index (Phi) is 3.15. The van der Waals surface area contributed by atoms with Crippen molar-refractivity contribution in [2.45, 2.75) is 6.18 Å². The number of hydrogen-bond acceptors (Lipinski definition) is 3. The van der Waals surface area contributed by atoms with Gasteiger partial charge in [-0.3, -0.25) is 0 Å². The highest BCUT2D eigenvalue weighted by molar-refractivity contribution is 14.1. The van der Waals surface area contributed by atoms with Crippen LogP contribution in [0.1, 0.15) is 5.56 Å². The summed E-state index contributed by atoms with van der Waals surface area (Å²) in [6.07, 6.45) is -4.30. The second kappa shape index (κ2) is 4.28. The van der Waals surface area contributed by atoms with Crippen LogP contribution in [0.25, 0.3) is 10.6 Å². The molecule has 0 atom stereocenters. The van der Waals surface area contributed by atoms with Gasteiger partial charge in [-0.25, -0.2) is 0 Å². The van der Waals surface area contributed by atoms with E-state index in [2.05, 4.69) is 10.2 Å². The Morgan fingerprint density at radius 3 is 2.12 bits per heavy atom. The highest BCUT2D eigenvalue weighted by Gasteiger charge is 2.30. The van der Waals surface area contributed by atoms with E-state index in [4.69, 9.17) is 0 Å². The van der Waals surface area contributed by atoms with Crippen LogP contribution in [0.15, 0.2) is 24.3 Å². The van der Waals surface area contributed by atoms with Crippen molar-refractivity contribution in [1.29, 1.82) is 0 Å². The zero-order valence-corrected chi connectivity index (χ0v) is 10.6. The molecule has 0 aliphatic carbocycles. The van der Waals surface area contributed by atoms with Crippen molar-refractivity contribution in [3.63, 3.8) is 0 Å². The average molecular weight is 356 g/mol. The quantitative estimate of drug-likeness (QED) is 0.726. The van der Waals surface area contributed by atoms with E-state index in [1.807, 2.05) is 22.6 Å². The first kappa shape index (κ1) is 11.8. The van der Waals surface area contributed by atoms with Gasteiger partial charge in [-0.2, -0.15) is 13.2 Å². The van der Waals surface area contributed by atoms with E-state index in [-0.39, 0.29) is 0 Å². The third-order valence-electron chi connectivity index (χ3n) is 1.86. The second-order valence-electron chi connectivity index (χ2n) is 2.94. The van der Waals surface area contributed by atoms with Gasteiger partial charge in [0.25, 0.3) is 0 Å². The monoisotopic (exact) mass is 356 g/mol. The van der Waals surface area contributed by atoms with Gasteiger partial charge in [0.2, 0.25) is 0 Å². The van der Waals surface area contributed by atoms with Crippen LogP contribution in [0, 0.1) is 3.01 Å². The minimum atomic E-state index is -4.30. The van der Waals surface area contributed by atoms with Gasteiger partial charge in [0.05, 0.1) is 5.56 Å². The lowest BCUT2D eigenvalue weighted by Gasteiger charge is -2.05. The Morgan fingerprint density at radius 1 is 1.06 bits per heavy atom. The molecule has 2 rings (SSSR count). The number of nitrogens with zero attached hydrogens (tertiary/aromatic N) is 2. The second-order valence-corrected chi connectivity index (χ2v) is 5.67. The standard InChI is InChI=1S/C9H4F3IN2S/c10-9(11,12)6-3-1-5(2-4-6)7-14-15-8(13)16-7/h1-4H. The van der Waals surface area contributed by atoms with Crippen molar-refractivity contribution in [3.05, 3.63) is 32.8 Å². The third kappa shape index (κ3) is 2.51. The first-order chi connectivity index (χ1) is 7.47. The van der Waals surface area contributed by atoms with Gasteiger partial charge in [0.1, 0.15) is 5.01 Å². The molecule has 84 valence electrons. The molecule has 0 saturated carbocycles. The van der Waals surface area contributed by atoms with Crippen LogP contribution < -0.4 is 0 Å². The molecule has 1 aromatic carbocycles. The summed E-state index contributed by atoms with van der Waals surface area (Å²) in [4.78, 5) is 0. The van der Waals surface area contributed by atoms with E-state index in [0.717, 1.165) is 15.1 Å². The number of alkyl halides is 3. The van der Waals surface area contributed by atoms with E-state index in [9.17, 15) is 13.2 Å². The van der Waals surface area contributed by atoms with Crippen LogP contribution in [0.5, 0.6) is 0 Å². The number of hydrogen-bond donors (Lipinski definition) is 0. The fraction of sp³-hybridized carbons (Fsp3) is 0.111. The molecule has 16 heavy (non-hydrogen) atoms. The number of rotatable bonds is 1. The lowest BCUT2D eigenvalue weighted by atomic mass is 10.1. The van der Waals surface area contributed by atoms with Crippen LogP contribution in [0.3, 0.4) is 0 Å². The lowest BCUT2D eigenvalue weighted by Crippen LogP contribution is -2.03. The summed E-state index contributed by atoms with van der Waals surface area (Å²) < 4.78 is 37.7. The van der Waals surface area contributed by atoms with Crippen molar-refractivity contribution < 1.29 is 13.2 Å². The van der Waals surface area contributed by atoms with Crippen LogP contribution in [-0.4, -0.2) is 10.2 Å². The lowest BCUT2D eigenvalue weighted by molar-refractivity contribution is -0.137. The third-order valence-corrected chi connectivity index (χ3v) is 3.50. The van der Waals surface area contributed by atoms with Crippen molar-refractivity contribution in [2.75, 3.05) is 0 Å². The highest BCUT2D eigenvalue weighted by Crippen LogP contribution is 2.31. The highest BCUT2D eigenvalue weighted by atomic mass is 127. The van der Waals surface area contributed by atoms with Gasteiger partial charge >= 0.3 is 6.18 Å². The van der Waals surface area contributed by atoms with Crippen LogP contribution in [0.2, 0.25) is 0 Å². The number of halogens is 4. The topological polar surface area (TPSA) is 25.8 Å². The molecule has 0 N–H and O–H groups in total. The minimum Gasteiger partial charge on any atom is -0.166 e. The molecule has 0 aliphatic heterocycles. The van der Waals surface area contributed by atoms with Gasteiger partial charge in [-0.05, 0) is 34.7 Å². The molecule has 0 aliphatic rings. The van der Waals surface area contributed by atoms with Gasteiger partial charge in [-0.15, -0.1) is 10.2 Å². The Balaban J connectivity index is 2.33. The predicted octanol–water partition coefficient (Wildman–Crippen LogP) is 3.83. The van der Waals surface area contributed by atoms with Crippen molar-refractivity contribution in [1.82, 2.24) is 10.2 Å². The molecule has 0 fully saturated rings. The molecular formula is C9H4F3IN2S. The molecule has 0 amide bonds. The summed E-state index contributed by atoms with van der Waals surface area (Å²) in [6, 6.07) is 4.89. The largest absolute Gasteiger partial charge is 0.416 e. The first-order valence-corrected chi connectivity index (χ1v) is 6.03. The van der Waals surface area contributed by atoms with Crippen molar-refractivity contribution in [3.8, 4) is 10.6 Å². The average Bonchev–Trinajstić information content (AvgIpc) is 2.64. The Hall–Kier alpha value is -0.700. The molecule has 0 unspecified atom stereocenters. The molecule has 2 nitrogen and oxygen atoms in total. The molecule has 1 heterocycles. The van der Waals surface area contributed by atoms with Gasteiger partial charge in [0.15, 0.2) is 3.01 Å². The molecule has 2 aromatic rings. The summed E-state index contributed by atoms with van der Waals surface area (Å²) in [5, 5.41) is 8.28. The van der Waals surface area contributed by atoms with E-state index < -0.39 is 11.7 Å². The summed E-state index contributed by atoms with van der Waals surface area (Å²) in [5.41, 5.74) is -0.0103. The maximum absolute atomic E-state index is 12.3. The van der Waals surface area contributed by atoms with Crippen molar-refractivity contribution >= 4 is 33.9 Å². The molecule has 0 bridgehead atoms. The van der Waals surface area contributed by atoms with Crippen LogP contribution in [-0.2, 0) is 6.18 Å². The molecule has 7 heteroatoms. The zero-order chi connectivity index (χ0) is 11.8. The van der Waals surface area contributed by atoms with Gasteiger partial charge < -0.3 is 0 Å². The predicted molar refractivity (Wildman–Crippen MR) is 63.1 cm³/mol. The minimum absolute atomic E-state index is 0.623. The van der Waals surface area contributed by atoms with Gasteiger partial charge in [-0.1, -0.05) is 23.5 Å². The molecule has 1 aromatic heterocycles. The number of aromatic nitrogens is 2. The zero-order valence-electron chi connectivity index (χ0n) is 7.62. The molecular weight excluding hydrogens is 352 g/mol. The van der Waals surface area contributed by atoms with Gasteiger partial charge in [0, 0.05) is 5.56 Å². The van der Waals surface area contributed by atoms with Crippen LogP contribution >= 0.6 is 33.9 Å². The van der Waals surface area contributed by atoms with E-state index >= 15 is 0 Å².